The van der Waals surface area contributed by atoms with Crippen LogP contribution in [0, 0.1) is 23.7 Å². The number of hydrogen-bond acceptors (Lipinski definition) is 5. The fourth-order valence-corrected chi connectivity index (χ4v) is 7.54. The van der Waals surface area contributed by atoms with Crippen molar-refractivity contribution in [1.29, 1.82) is 0 Å². The van der Waals surface area contributed by atoms with E-state index in [4.69, 9.17) is 0 Å². The van der Waals surface area contributed by atoms with Gasteiger partial charge < -0.3 is 0 Å². The van der Waals surface area contributed by atoms with E-state index in [0.717, 1.165) is 109 Å². The van der Waals surface area contributed by atoms with Gasteiger partial charge in [0.15, 0.2) is 0 Å². The monoisotopic (exact) mass is 586 g/mol. The number of fused-ring (bicyclic) bond motifs is 1. The Labute approximate surface area is 257 Å². The van der Waals surface area contributed by atoms with E-state index in [9.17, 15) is 24.0 Å². The van der Waals surface area contributed by atoms with Gasteiger partial charge >= 0.3 is 0 Å². The molecule has 0 saturated heterocycles. The summed E-state index contributed by atoms with van der Waals surface area (Å²) >= 11 is 0. The Balaban J connectivity index is 1.48. The second-order valence-electron chi connectivity index (χ2n) is 13.7. The summed E-state index contributed by atoms with van der Waals surface area (Å²) in [6.45, 7) is 4.03. The highest BCUT2D eigenvalue weighted by molar-refractivity contribution is 5.88. The lowest BCUT2D eigenvalue weighted by atomic mass is 9.88. The standard InChI is InChI=1S/C37H62O5/c1-3-16-32(38)20-12-9-10-19-31(27-34(40)17-4-2)37(42)23-13-8-6-5-7-11-21-33(39)22-15-14-18-29-24-25-30-26-35(41)28-36(29)30/h29-31,36H,3-28H2,1-2H3. The molecule has 0 radical (unpaired) electrons. The van der Waals surface area contributed by atoms with Gasteiger partial charge in [0.25, 0.3) is 0 Å². The fourth-order valence-electron chi connectivity index (χ4n) is 7.54. The van der Waals surface area contributed by atoms with Crippen LogP contribution >= 0.6 is 0 Å². The van der Waals surface area contributed by atoms with Crippen LogP contribution in [0.25, 0.3) is 0 Å². The molecule has 4 atom stereocenters. The molecular formula is C37H62O5. The number of rotatable bonds is 27. The van der Waals surface area contributed by atoms with Crippen molar-refractivity contribution in [1.82, 2.24) is 0 Å². The molecule has 0 spiro atoms. The smallest absolute Gasteiger partial charge is 0.136 e. The molecule has 2 aliphatic carbocycles. The Hall–Kier alpha value is -1.65. The van der Waals surface area contributed by atoms with Gasteiger partial charge in [-0.05, 0) is 75.5 Å². The molecule has 0 aromatic heterocycles. The van der Waals surface area contributed by atoms with Gasteiger partial charge in [-0.25, -0.2) is 0 Å². The highest BCUT2D eigenvalue weighted by atomic mass is 16.1. The zero-order chi connectivity index (χ0) is 30.6. The van der Waals surface area contributed by atoms with Crippen molar-refractivity contribution in [2.24, 2.45) is 23.7 Å². The van der Waals surface area contributed by atoms with Crippen LogP contribution in [-0.4, -0.2) is 28.9 Å². The molecule has 0 bridgehead atoms. The van der Waals surface area contributed by atoms with Crippen LogP contribution in [0.2, 0.25) is 0 Å². The molecule has 2 rings (SSSR count). The first-order valence-electron chi connectivity index (χ1n) is 17.9. The fraction of sp³-hybridized carbons (Fsp3) is 0.865. The minimum absolute atomic E-state index is 0.150. The molecule has 4 unspecified atom stereocenters. The lowest BCUT2D eigenvalue weighted by molar-refractivity contribution is -0.128. The number of Topliss-reactive ketones (excluding diaryl/α,β-unsaturated/α-hetero) is 5. The van der Waals surface area contributed by atoms with Crippen LogP contribution in [0.1, 0.15) is 181 Å². The van der Waals surface area contributed by atoms with E-state index in [-0.39, 0.29) is 17.5 Å². The molecule has 2 aliphatic rings. The Morgan fingerprint density at radius 2 is 1.17 bits per heavy atom. The van der Waals surface area contributed by atoms with Crippen molar-refractivity contribution >= 4 is 28.9 Å². The quantitative estimate of drug-likeness (QED) is 0.0895. The molecule has 0 aromatic carbocycles. The first-order chi connectivity index (χ1) is 20.3. The molecule has 0 aromatic rings. The van der Waals surface area contributed by atoms with Crippen molar-refractivity contribution in [2.75, 3.05) is 0 Å². The number of carbonyl (C=O) groups excluding carboxylic acids is 5. The van der Waals surface area contributed by atoms with Crippen LogP contribution in [-0.2, 0) is 24.0 Å². The van der Waals surface area contributed by atoms with E-state index in [0.29, 0.717) is 74.1 Å². The van der Waals surface area contributed by atoms with Gasteiger partial charge in [-0.15, -0.1) is 0 Å². The summed E-state index contributed by atoms with van der Waals surface area (Å²) in [7, 11) is 0. The summed E-state index contributed by atoms with van der Waals surface area (Å²) in [5.41, 5.74) is 0. The highest BCUT2D eigenvalue weighted by Gasteiger charge is 2.42. The van der Waals surface area contributed by atoms with Crippen molar-refractivity contribution in [3.63, 3.8) is 0 Å². The SMILES string of the molecule is CCCC(=O)CCCCCC(CC(=O)CCC)C(=O)CCCCCCCCC(=O)CCCCC1CCC2CC(=O)CC12. The Bertz CT molecular complexity index is 830. The van der Waals surface area contributed by atoms with Crippen molar-refractivity contribution in [3.8, 4) is 0 Å². The molecule has 5 nitrogen and oxygen atoms in total. The topological polar surface area (TPSA) is 85.3 Å². The van der Waals surface area contributed by atoms with Crippen LogP contribution in [0.4, 0.5) is 0 Å². The first kappa shape index (κ1) is 36.5. The zero-order valence-electron chi connectivity index (χ0n) is 27.2. The van der Waals surface area contributed by atoms with E-state index >= 15 is 0 Å². The second-order valence-corrected chi connectivity index (χ2v) is 13.7. The first-order valence-corrected chi connectivity index (χ1v) is 17.9. The zero-order valence-corrected chi connectivity index (χ0v) is 27.2. The third kappa shape index (κ3) is 15.2. The average Bonchev–Trinajstić information content (AvgIpc) is 3.51. The van der Waals surface area contributed by atoms with Gasteiger partial charge in [0.1, 0.15) is 28.9 Å². The van der Waals surface area contributed by atoms with E-state index < -0.39 is 0 Å². The van der Waals surface area contributed by atoms with E-state index in [1.54, 1.807) is 0 Å². The maximum atomic E-state index is 12.9. The van der Waals surface area contributed by atoms with Gasteiger partial charge in [0.05, 0.1) is 0 Å². The normalized spacial score (nSPS) is 20.5. The van der Waals surface area contributed by atoms with E-state index in [1.807, 2.05) is 13.8 Å². The van der Waals surface area contributed by atoms with E-state index in [1.165, 1.54) is 19.3 Å². The number of hydrogen-bond donors (Lipinski definition) is 0. The summed E-state index contributed by atoms with van der Waals surface area (Å²) in [4.78, 5) is 61.0. The predicted octanol–water partition coefficient (Wildman–Crippen LogP) is 9.51. The molecule has 2 fully saturated rings. The molecule has 42 heavy (non-hydrogen) atoms. The average molecular weight is 587 g/mol. The highest BCUT2D eigenvalue weighted by Crippen LogP contribution is 2.47. The molecular weight excluding hydrogens is 524 g/mol. The van der Waals surface area contributed by atoms with Crippen molar-refractivity contribution in [2.45, 2.75) is 181 Å². The van der Waals surface area contributed by atoms with Gasteiger partial charge in [-0.2, -0.15) is 0 Å². The van der Waals surface area contributed by atoms with Gasteiger partial charge in [-0.3, -0.25) is 24.0 Å². The van der Waals surface area contributed by atoms with Crippen molar-refractivity contribution < 1.29 is 24.0 Å². The van der Waals surface area contributed by atoms with Gasteiger partial charge in [0.2, 0.25) is 0 Å². The third-order valence-corrected chi connectivity index (χ3v) is 9.98. The van der Waals surface area contributed by atoms with Crippen molar-refractivity contribution in [3.05, 3.63) is 0 Å². The number of ketones is 5. The van der Waals surface area contributed by atoms with Crippen LogP contribution in [0.15, 0.2) is 0 Å². The molecule has 0 aliphatic heterocycles. The summed E-state index contributed by atoms with van der Waals surface area (Å²) in [5.74, 6) is 3.54. The lowest BCUT2D eigenvalue weighted by Gasteiger charge is -2.17. The molecule has 2 saturated carbocycles. The minimum Gasteiger partial charge on any atom is -0.300 e. The van der Waals surface area contributed by atoms with Crippen LogP contribution in [0.3, 0.4) is 0 Å². The second kappa shape index (κ2) is 21.9. The Kier molecular flexibility index (Phi) is 19.1. The summed E-state index contributed by atoms with van der Waals surface area (Å²) in [6.07, 6.45) is 23.1. The molecule has 0 heterocycles. The summed E-state index contributed by atoms with van der Waals surface area (Å²) in [5, 5.41) is 0. The molecule has 0 amide bonds. The molecule has 240 valence electrons. The van der Waals surface area contributed by atoms with Crippen LogP contribution < -0.4 is 0 Å². The lowest BCUT2D eigenvalue weighted by Crippen LogP contribution is -2.18. The Morgan fingerprint density at radius 1 is 0.619 bits per heavy atom. The number of carbonyl (C=O) groups is 5. The van der Waals surface area contributed by atoms with Gasteiger partial charge in [-0.1, -0.05) is 65.2 Å². The maximum absolute atomic E-state index is 12.9. The minimum atomic E-state index is -0.150. The molecule has 5 heteroatoms. The summed E-state index contributed by atoms with van der Waals surface area (Å²) < 4.78 is 0. The van der Waals surface area contributed by atoms with Crippen LogP contribution in [0.5, 0.6) is 0 Å². The largest absolute Gasteiger partial charge is 0.300 e. The number of unbranched alkanes of at least 4 members (excludes halogenated alkanes) is 8. The van der Waals surface area contributed by atoms with Gasteiger partial charge in [0, 0.05) is 63.7 Å². The summed E-state index contributed by atoms with van der Waals surface area (Å²) in [6, 6.07) is 0. The molecule has 0 N–H and O–H groups in total. The maximum Gasteiger partial charge on any atom is 0.136 e. The predicted molar refractivity (Wildman–Crippen MR) is 170 cm³/mol. The van der Waals surface area contributed by atoms with E-state index in [2.05, 4.69) is 0 Å². The Morgan fingerprint density at radius 3 is 1.83 bits per heavy atom. The third-order valence-electron chi connectivity index (χ3n) is 9.98.